The van der Waals surface area contributed by atoms with E-state index in [0.717, 1.165) is 11.3 Å². The van der Waals surface area contributed by atoms with Gasteiger partial charge in [0.15, 0.2) is 5.13 Å². The number of halogens is 2. The van der Waals surface area contributed by atoms with Gasteiger partial charge in [-0.15, -0.1) is 11.3 Å². The van der Waals surface area contributed by atoms with Gasteiger partial charge in [0.25, 0.3) is 5.91 Å². The molecule has 2 rings (SSSR count). The zero-order valence-electron chi connectivity index (χ0n) is 9.93. The predicted molar refractivity (Wildman–Crippen MR) is 72.0 cm³/mol. The maximum atomic E-state index is 12.7. The normalized spacial score (nSPS) is 11.1. The quantitative estimate of drug-likeness (QED) is 0.695. The van der Waals surface area contributed by atoms with Gasteiger partial charge in [0.05, 0.1) is 21.8 Å². The van der Waals surface area contributed by atoms with E-state index >= 15 is 0 Å². The Labute approximate surface area is 117 Å². The Morgan fingerprint density at radius 3 is 3.05 bits per heavy atom. The van der Waals surface area contributed by atoms with Crippen LogP contribution >= 0.6 is 22.9 Å². The number of carbonyl (C=O) groups excluding carboxylic acids is 1. The van der Waals surface area contributed by atoms with Gasteiger partial charge in [0, 0.05) is 6.20 Å². The molecule has 2 aromatic rings. The largest absolute Gasteiger partial charge is 0.271 e. The summed E-state index contributed by atoms with van der Waals surface area (Å²) in [6, 6.07) is 2.91. The van der Waals surface area contributed by atoms with Crippen molar-refractivity contribution in [1.29, 1.82) is 0 Å². The van der Waals surface area contributed by atoms with Crippen LogP contribution in [0, 0.1) is 12.1 Å². The first kappa shape index (κ1) is 13.7. The molecule has 8 heteroatoms. The maximum Gasteiger partial charge on any atom is 0.261 e. The Hall–Kier alpha value is -1.73. The van der Waals surface area contributed by atoms with E-state index in [9.17, 15) is 9.18 Å². The van der Waals surface area contributed by atoms with E-state index in [4.69, 9.17) is 11.6 Å². The molecular formula is C11H10ClFN4OS. The van der Waals surface area contributed by atoms with Crippen molar-refractivity contribution in [3.05, 3.63) is 39.1 Å². The number of nitrogens with zero attached hydrogens (tertiary/aromatic N) is 3. The SMILES string of the molecule is Cc1nn(CC(=O)N/N=C/c2ccc(F)s2)cc1Cl. The van der Waals surface area contributed by atoms with Gasteiger partial charge in [-0.2, -0.15) is 14.6 Å². The molecule has 19 heavy (non-hydrogen) atoms. The van der Waals surface area contributed by atoms with E-state index in [0.29, 0.717) is 15.6 Å². The van der Waals surface area contributed by atoms with Crippen molar-refractivity contribution in [1.82, 2.24) is 15.2 Å². The summed E-state index contributed by atoms with van der Waals surface area (Å²) < 4.78 is 14.1. The molecule has 0 aromatic carbocycles. The summed E-state index contributed by atoms with van der Waals surface area (Å²) in [5.41, 5.74) is 2.99. The van der Waals surface area contributed by atoms with Crippen LogP contribution in [0.1, 0.15) is 10.6 Å². The van der Waals surface area contributed by atoms with E-state index in [1.165, 1.54) is 17.0 Å². The lowest BCUT2D eigenvalue weighted by atomic mass is 10.5. The number of aromatic nitrogens is 2. The maximum absolute atomic E-state index is 12.7. The molecule has 0 fully saturated rings. The molecule has 1 N–H and O–H groups in total. The molecule has 0 aliphatic carbocycles. The van der Waals surface area contributed by atoms with Crippen molar-refractivity contribution in [2.75, 3.05) is 0 Å². The van der Waals surface area contributed by atoms with Crippen LogP contribution in [0.25, 0.3) is 0 Å². The second-order valence-corrected chi connectivity index (χ2v) is 5.17. The molecule has 1 amide bonds. The van der Waals surface area contributed by atoms with Crippen molar-refractivity contribution >= 4 is 35.1 Å². The predicted octanol–water partition coefficient (Wildman–Crippen LogP) is 2.20. The molecule has 0 saturated carbocycles. The van der Waals surface area contributed by atoms with Gasteiger partial charge in [-0.3, -0.25) is 9.48 Å². The summed E-state index contributed by atoms with van der Waals surface area (Å²) in [5, 5.41) is 7.98. The highest BCUT2D eigenvalue weighted by atomic mass is 35.5. The molecule has 2 aromatic heterocycles. The van der Waals surface area contributed by atoms with Crippen LogP contribution in [-0.2, 0) is 11.3 Å². The van der Waals surface area contributed by atoms with Crippen molar-refractivity contribution in [2.45, 2.75) is 13.5 Å². The zero-order valence-corrected chi connectivity index (χ0v) is 11.5. The van der Waals surface area contributed by atoms with Crippen LogP contribution in [0.2, 0.25) is 5.02 Å². The van der Waals surface area contributed by atoms with E-state index < -0.39 is 0 Å². The standard InChI is InChI=1S/C11H10ClFN4OS/c1-7-9(12)5-17(16-7)6-11(18)15-14-4-8-2-3-10(13)19-8/h2-5H,6H2,1H3,(H,15,18)/b14-4+. The zero-order chi connectivity index (χ0) is 13.8. The Balaban J connectivity index is 1.86. The van der Waals surface area contributed by atoms with E-state index in [2.05, 4.69) is 15.6 Å². The molecule has 0 radical (unpaired) electrons. The molecule has 0 unspecified atom stereocenters. The number of amides is 1. The molecule has 2 heterocycles. The molecular weight excluding hydrogens is 291 g/mol. The monoisotopic (exact) mass is 300 g/mol. The van der Waals surface area contributed by atoms with Gasteiger partial charge < -0.3 is 0 Å². The average molecular weight is 301 g/mol. The van der Waals surface area contributed by atoms with Crippen LogP contribution < -0.4 is 5.43 Å². The molecule has 0 saturated heterocycles. The van der Waals surface area contributed by atoms with Crippen LogP contribution in [0.15, 0.2) is 23.4 Å². The molecule has 0 atom stereocenters. The van der Waals surface area contributed by atoms with Crippen LogP contribution in [0.3, 0.4) is 0 Å². The van der Waals surface area contributed by atoms with Gasteiger partial charge in [0.2, 0.25) is 0 Å². The molecule has 0 aliphatic rings. The number of hydrogen-bond acceptors (Lipinski definition) is 4. The summed E-state index contributed by atoms with van der Waals surface area (Å²) in [4.78, 5) is 12.2. The fourth-order valence-electron chi connectivity index (χ4n) is 1.32. The highest BCUT2D eigenvalue weighted by Crippen LogP contribution is 2.12. The highest BCUT2D eigenvalue weighted by molar-refractivity contribution is 7.12. The summed E-state index contributed by atoms with van der Waals surface area (Å²) in [5.74, 6) is -0.340. The fourth-order valence-corrected chi connectivity index (χ4v) is 2.08. The third-order valence-corrected chi connectivity index (χ3v) is 3.35. The molecule has 0 aliphatic heterocycles. The number of thiophene rings is 1. The highest BCUT2D eigenvalue weighted by Gasteiger charge is 2.05. The summed E-state index contributed by atoms with van der Waals surface area (Å²) in [6.45, 7) is 1.77. The number of hydrazone groups is 1. The Morgan fingerprint density at radius 1 is 1.68 bits per heavy atom. The van der Waals surface area contributed by atoms with Crippen LogP contribution in [0.5, 0.6) is 0 Å². The second kappa shape index (κ2) is 5.94. The number of aryl methyl sites for hydroxylation is 1. The Kier molecular flexibility index (Phi) is 4.28. The lowest BCUT2D eigenvalue weighted by Gasteiger charge is -1.99. The molecule has 0 spiro atoms. The first-order valence-corrected chi connectivity index (χ1v) is 6.51. The summed E-state index contributed by atoms with van der Waals surface area (Å²) in [7, 11) is 0. The van der Waals surface area contributed by atoms with Gasteiger partial charge >= 0.3 is 0 Å². The first-order valence-electron chi connectivity index (χ1n) is 5.31. The number of nitrogens with one attached hydrogen (secondary N) is 1. The van der Waals surface area contributed by atoms with Crippen molar-refractivity contribution in [3.63, 3.8) is 0 Å². The van der Waals surface area contributed by atoms with Gasteiger partial charge in [-0.05, 0) is 19.1 Å². The minimum absolute atomic E-state index is 0.0176. The minimum Gasteiger partial charge on any atom is -0.271 e. The smallest absolute Gasteiger partial charge is 0.261 e. The third kappa shape index (κ3) is 3.87. The number of carbonyl (C=O) groups is 1. The van der Waals surface area contributed by atoms with E-state index in [-0.39, 0.29) is 17.6 Å². The van der Waals surface area contributed by atoms with Gasteiger partial charge in [-0.1, -0.05) is 11.6 Å². The number of rotatable bonds is 4. The van der Waals surface area contributed by atoms with Crippen molar-refractivity contribution in [3.8, 4) is 0 Å². The van der Waals surface area contributed by atoms with Crippen molar-refractivity contribution < 1.29 is 9.18 Å². The van der Waals surface area contributed by atoms with E-state index in [1.807, 2.05) is 0 Å². The first-order chi connectivity index (χ1) is 9.04. The molecule has 0 bridgehead atoms. The lowest BCUT2D eigenvalue weighted by Crippen LogP contribution is -2.23. The van der Waals surface area contributed by atoms with Crippen LogP contribution in [-0.4, -0.2) is 21.9 Å². The summed E-state index contributed by atoms with van der Waals surface area (Å²) >= 11 is 6.77. The molecule has 5 nitrogen and oxygen atoms in total. The van der Waals surface area contributed by atoms with Gasteiger partial charge in [0.1, 0.15) is 6.54 Å². The molecule has 100 valence electrons. The van der Waals surface area contributed by atoms with Gasteiger partial charge in [-0.25, -0.2) is 5.43 Å². The van der Waals surface area contributed by atoms with Crippen LogP contribution in [0.4, 0.5) is 4.39 Å². The lowest BCUT2D eigenvalue weighted by molar-refractivity contribution is -0.121. The Morgan fingerprint density at radius 2 is 2.47 bits per heavy atom. The third-order valence-electron chi connectivity index (χ3n) is 2.17. The van der Waals surface area contributed by atoms with E-state index in [1.54, 1.807) is 19.2 Å². The minimum atomic E-state index is -0.340. The topological polar surface area (TPSA) is 59.3 Å². The van der Waals surface area contributed by atoms with Crippen molar-refractivity contribution in [2.24, 2.45) is 5.10 Å². The fraction of sp³-hybridized carbons (Fsp3) is 0.182. The second-order valence-electron chi connectivity index (χ2n) is 3.70. The summed E-state index contributed by atoms with van der Waals surface area (Å²) in [6.07, 6.45) is 2.95. The average Bonchev–Trinajstić information content (AvgIpc) is 2.86. The number of hydrogen-bond donors (Lipinski definition) is 1. The Bertz CT molecular complexity index is 602.